The number of hydrogen-bond donors (Lipinski definition) is 0. The van der Waals surface area contributed by atoms with E-state index in [1.54, 1.807) is 17.7 Å². The summed E-state index contributed by atoms with van der Waals surface area (Å²) in [6.45, 7) is 2.66. The van der Waals surface area contributed by atoms with Crippen molar-refractivity contribution in [3.05, 3.63) is 52.6 Å². The molecule has 0 bridgehead atoms. The lowest BCUT2D eigenvalue weighted by atomic mass is 10.2. The summed E-state index contributed by atoms with van der Waals surface area (Å²) in [5.74, 6) is 0.637. The second-order valence-electron chi connectivity index (χ2n) is 3.98. The number of carbonyl (C=O) groups excluding carboxylic acids is 1. The van der Waals surface area contributed by atoms with Crippen molar-refractivity contribution < 1.29 is 14.3 Å². The molecule has 0 radical (unpaired) electrons. The summed E-state index contributed by atoms with van der Waals surface area (Å²) in [7, 11) is 0. The Bertz CT molecular complexity index is 539. The highest BCUT2D eigenvalue weighted by Gasteiger charge is 2.14. The van der Waals surface area contributed by atoms with E-state index in [-0.39, 0.29) is 0 Å². The maximum absolute atomic E-state index is 10.4. The van der Waals surface area contributed by atoms with Crippen molar-refractivity contribution >= 4 is 22.4 Å². The fraction of sp³-hybridized carbons (Fsp3) is 0.214. The number of ether oxygens (including phenoxy) is 2. The number of rotatable bonds is 6. The number of halogens is 1. The first kappa shape index (κ1) is 13.7. The highest BCUT2D eigenvalue weighted by Crippen LogP contribution is 2.30. The lowest BCUT2D eigenvalue weighted by molar-refractivity contribution is -0.136. The first-order chi connectivity index (χ1) is 9.22. The molecule has 1 heterocycles. The summed E-state index contributed by atoms with van der Waals surface area (Å²) >= 11 is 3.42. The number of aromatic nitrogens is 1. The molecule has 4 nitrogen and oxygen atoms in total. The molecule has 0 aliphatic carbocycles. The molecule has 5 heteroatoms. The molecular formula is C14H14BrNO3. The number of hydrogen-bond acceptors (Lipinski definition) is 3. The average molecular weight is 324 g/mol. The Morgan fingerprint density at radius 3 is 2.74 bits per heavy atom. The molecule has 0 fully saturated rings. The predicted octanol–water partition coefficient (Wildman–Crippen LogP) is 3.52. The minimum Gasteiger partial charge on any atom is -0.473 e. The highest BCUT2D eigenvalue weighted by molar-refractivity contribution is 9.10. The van der Waals surface area contributed by atoms with Gasteiger partial charge in [-0.15, -0.1) is 0 Å². The average Bonchev–Trinajstić information content (AvgIpc) is 2.79. The van der Waals surface area contributed by atoms with Gasteiger partial charge in [0, 0.05) is 6.20 Å². The molecule has 1 unspecified atom stereocenters. The Morgan fingerprint density at radius 2 is 2.05 bits per heavy atom. The number of benzene rings is 1. The molecule has 19 heavy (non-hydrogen) atoms. The van der Waals surface area contributed by atoms with Crippen LogP contribution < -0.4 is 4.74 Å². The molecule has 1 atom stereocenters. The summed E-state index contributed by atoms with van der Waals surface area (Å²) in [6.07, 6.45) is 1.40. The van der Waals surface area contributed by atoms with E-state index in [1.807, 2.05) is 36.4 Å². The van der Waals surface area contributed by atoms with Gasteiger partial charge in [0.1, 0.15) is 6.61 Å². The van der Waals surface area contributed by atoms with Gasteiger partial charge in [-0.1, -0.05) is 30.3 Å². The van der Waals surface area contributed by atoms with Crippen LogP contribution in [-0.4, -0.2) is 11.0 Å². The Labute approximate surface area is 120 Å². The predicted molar refractivity (Wildman–Crippen MR) is 74.8 cm³/mol. The van der Waals surface area contributed by atoms with Gasteiger partial charge >= 0.3 is 0 Å². The van der Waals surface area contributed by atoms with Crippen LogP contribution in [-0.2, 0) is 16.1 Å². The molecule has 0 amide bonds. The fourth-order valence-electron chi connectivity index (χ4n) is 1.71. The Morgan fingerprint density at radius 1 is 1.32 bits per heavy atom. The maximum Gasteiger partial charge on any atom is 0.295 e. The molecule has 100 valence electrons. The van der Waals surface area contributed by atoms with Crippen LogP contribution in [0.25, 0.3) is 0 Å². The third-order valence-corrected chi connectivity index (χ3v) is 3.29. The van der Waals surface area contributed by atoms with Gasteiger partial charge in [0.2, 0.25) is 5.88 Å². The van der Waals surface area contributed by atoms with Crippen LogP contribution in [0.5, 0.6) is 5.88 Å². The smallest absolute Gasteiger partial charge is 0.295 e. The largest absolute Gasteiger partial charge is 0.473 e. The van der Waals surface area contributed by atoms with Gasteiger partial charge in [0.05, 0.1) is 4.47 Å². The molecule has 2 aromatic rings. The Kier molecular flexibility index (Phi) is 4.63. The zero-order valence-corrected chi connectivity index (χ0v) is 12.0. The van der Waals surface area contributed by atoms with Gasteiger partial charge in [-0.3, -0.25) is 9.36 Å². The topological polar surface area (TPSA) is 40.5 Å². The van der Waals surface area contributed by atoms with Gasteiger partial charge in [-0.25, -0.2) is 0 Å². The first-order valence-corrected chi connectivity index (χ1v) is 6.64. The molecule has 0 N–H and O–H groups in total. The molecule has 0 spiro atoms. The molecule has 1 aromatic heterocycles. The monoisotopic (exact) mass is 323 g/mol. The van der Waals surface area contributed by atoms with Crippen molar-refractivity contribution in [3.8, 4) is 5.88 Å². The molecule has 0 saturated heterocycles. The van der Waals surface area contributed by atoms with Gasteiger partial charge in [-0.2, -0.15) is 0 Å². The van der Waals surface area contributed by atoms with Crippen LogP contribution in [0.1, 0.15) is 18.7 Å². The lowest BCUT2D eigenvalue weighted by Gasteiger charge is -2.16. The van der Waals surface area contributed by atoms with E-state index in [9.17, 15) is 4.79 Å². The lowest BCUT2D eigenvalue weighted by Crippen LogP contribution is -2.10. The van der Waals surface area contributed by atoms with Crippen LogP contribution in [0.15, 0.2) is 47.1 Å². The van der Waals surface area contributed by atoms with Crippen molar-refractivity contribution in [1.82, 2.24) is 4.57 Å². The van der Waals surface area contributed by atoms with Gasteiger partial charge in [-0.05, 0) is 34.5 Å². The van der Waals surface area contributed by atoms with Crippen LogP contribution in [0.2, 0.25) is 0 Å². The zero-order valence-electron chi connectivity index (χ0n) is 10.5. The van der Waals surface area contributed by atoms with E-state index in [4.69, 9.17) is 9.47 Å². The van der Waals surface area contributed by atoms with Gasteiger partial charge < -0.3 is 9.47 Å². The Balaban J connectivity index is 2.11. The van der Waals surface area contributed by atoms with Gasteiger partial charge in [0.15, 0.2) is 6.23 Å². The molecule has 0 aliphatic rings. The van der Waals surface area contributed by atoms with Crippen LogP contribution in [0, 0.1) is 0 Å². The summed E-state index contributed by atoms with van der Waals surface area (Å²) in [5, 5.41) is 0. The molecule has 0 aliphatic heterocycles. The summed E-state index contributed by atoms with van der Waals surface area (Å²) in [4.78, 5) is 10.4. The van der Waals surface area contributed by atoms with E-state index in [1.165, 1.54) is 0 Å². The van der Waals surface area contributed by atoms with Gasteiger partial charge in [0.25, 0.3) is 6.47 Å². The van der Waals surface area contributed by atoms with E-state index in [2.05, 4.69) is 15.9 Å². The molecule has 0 saturated carbocycles. The number of nitrogens with zero attached hydrogens (tertiary/aromatic N) is 1. The third kappa shape index (κ3) is 3.38. The van der Waals surface area contributed by atoms with Crippen LogP contribution >= 0.6 is 15.9 Å². The number of carbonyl (C=O) groups is 1. The van der Waals surface area contributed by atoms with E-state index in [0.717, 1.165) is 10.0 Å². The normalized spacial score (nSPS) is 11.9. The minimum absolute atomic E-state index is 0.408. The van der Waals surface area contributed by atoms with Crippen molar-refractivity contribution in [2.75, 3.05) is 0 Å². The van der Waals surface area contributed by atoms with E-state index < -0.39 is 6.23 Å². The third-order valence-electron chi connectivity index (χ3n) is 2.68. The molecular weight excluding hydrogens is 310 g/mol. The van der Waals surface area contributed by atoms with Crippen molar-refractivity contribution in [2.45, 2.75) is 19.8 Å². The SMILES string of the molecule is CC(OC=O)n1ccc(Br)c1OCc1ccccc1. The maximum atomic E-state index is 10.4. The quantitative estimate of drug-likeness (QED) is 0.764. The second-order valence-corrected chi connectivity index (χ2v) is 4.84. The first-order valence-electron chi connectivity index (χ1n) is 5.84. The van der Waals surface area contributed by atoms with Crippen LogP contribution in [0.4, 0.5) is 0 Å². The fourth-order valence-corrected chi connectivity index (χ4v) is 2.15. The van der Waals surface area contributed by atoms with Crippen molar-refractivity contribution in [3.63, 3.8) is 0 Å². The van der Waals surface area contributed by atoms with E-state index in [0.29, 0.717) is 19.0 Å². The van der Waals surface area contributed by atoms with Crippen molar-refractivity contribution in [2.24, 2.45) is 0 Å². The van der Waals surface area contributed by atoms with E-state index >= 15 is 0 Å². The summed E-state index contributed by atoms with van der Waals surface area (Å²) in [6, 6.07) is 11.7. The highest BCUT2D eigenvalue weighted by atomic mass is 79.9. The van der Waals surface area contributed by atoms with Crippen molar-refractivity contribution in [1.29, 1.82) is 0 Å². The standard InChI is InChI=1S/C14H14BrNO3/c1-11(19-10-17)16-8-7-13(15)14(16)18-9-12-5-3-2-4-6-12/h2-8,10-11H,9H2,1H3. The molecule has 1 aromatic carbocycles. The molecule has 2 rings (SSSR count). The summed E-state index contributed by atoms with van der Waals surface area (Å²) in [5.41, 5.74) is 1.08. The summed E-state index contributed by atoms with van der Waals surface area (Å²) < 4.78 is 13.3. The zero-order chi connectivity index (χ0) is 13.7. The minimum atomic E-state index is -0.408. The second kappa shape index (κ2) is 6.43. The Hall–Kier alpha value is -1.75. The van der Waals surface area contributed by atoms with Crippen LogP contribution in [0.3, 0.4) is 0 Å².